The molecule has 0 atom stereocenters. The second-order valence-corrected chi connectivity index (χ2v) is 7.77. The first-order chi connectivity index (χ1) is 14.4. The number of nitrogens with zero attached hydrogens (tertiary/aromatic N) is 3. The predicted octanol–water partition coefficient (Wildman–Crippen LogP) is 6.11. The van der Waals surface area contributed by atoms with Crippen LogP contribution in [0.25, 0.3) is 17.1 Å². The van der Waals surface area contributed by atoms with Gasteiger partial charge in [-0.15, -0.1) is 5.10 Å². The average Bonchev–Trinajstić information content (AvgIpc) is 3.17. The quantitative estimate of drug-likeness (QED) is 0.419. The van der Waals surface area contributed by atoms with Gasteiger partial charge in [0.2, 0.25) is 5.82 Å². The zero-order valence-corrected chi connectivity index (χ0v) is 17.9. The molecule has 0 saturated carbocycles. The fourth-order valence-corrected chi connectivity index (χ4v) is 3.29. The molecule has 5 nitrogen and oxygen atoms in total. The van der Waals surface area contributed by atoms with Gasteiger partial charge in [-0.1, -0.05) is 64.7 Å². The summed E-state index contributed by atoms with van der Waals surface area (Å²) in [5, 5.41) is 8.13. The third kappa shape index (κ3) is 4.22. The maximum atomic E-state index is 12.8. The second-order valence-electron chi connectivity index (χ2n) is 6.96. The molecule has 3 aromatic carbocycles. The van der Waals surface area contributed by atoms with Gasteiger partial charge in [-0.25, -0.2) is 9.67 Å². The minimum absolute atomic E-state index is 0.0538. The Labute approximate surface area is 184 Å². The molecule has 0 aliphatic heterocycles. The molecule has 0 radical (unpaired) electrons. The molecule has 0 spiro atoms. The van der Waals surface area contributed by atoms with Gasteiger partial charge in [-0.05, 0) is 50.2 Å². The van der Waals surface area contributed by atoms with Crippen molar-refractivity contribution in [2.45, 2.75) is 13.8 Å². The summed E-state index contributed by atoms with van der Waals surface area (Å²) in [6, 6.07) is 20.5. The monoisotopic (exact) mass is 436 g/mol. The zero-order valence-electron chi connectivity index (χ0n) is 16.4. The van der Waals surface area contributed by atoms with Gasteiger partial charge in [0, 0.05) is 11.3 Å². The molecular formula is C23H18Cl2N4O. The predicted molar refractivity (Wildman–Crippen MR) is 121 cm³/mol. The number of benzene rings is 3. The molecular weight excluding hydrogens is 419 g/mol. The number of halogens is 2. The van der Waals surface area contributed by atoms with Crippen LogP contribution in [0.15, 0.2) is 66.7 Å². The molecule has 30 heavy (non-hydrogen) atoms. The summed E-state index contributed by atoms with van der Waals surface area (Å²) in [6.07, 6.45) is 0. The number of anilines is 1. The highest BCUT2D eigenvalue weighted by atomic mass is 35.5. The SMILES string of the molecule is Cc1ccc(NC(=O)c2nc(-c3cccc(C)c3)n(-c3ccc(Cl)c(Cl)c3)n2)cc1. The fraction of sp³-hybridized carbons (Fsp3) is 0.0870. The number of amides is 1. The molecule has 7 heteroatoms. The van der Waals surface area contributed by atoms with Gasteiger partial charge in [-0.2, -0.15) is 0 Å². The number of hydrogen-bond acceptors (Lipinski definition) is 3. The van der Waals surface area contributed by atoms with Gasteiger partial charge in [0.05, 0.1) is 15.7 Å². The zero-order chi connectivity index (χ0) is 21.3. The standard InChI is InChI=1S/C23H18Cl2N4O/c1-14-6-8-17(9-7-14)26-23(30)21-27-22(16-5-3-4-15(2)12-16)29(28-21)18-10-11-19(24)20(25)13-18/h3-13H,1-2H3,(H,26,30). The summed E-state index contributed by atoms with van der Waals surface area (Å²) in [5.74, 6) is 0.191. The lowest BCUT2D eigenvalue weighted by Gasteiger charge is -2.07. The van der Waals surface area contributed by atoms with Crippen molar-refractivity contribution in [3.05, 3.63) is 93.7 Å². The van der Waals surface area contributed by atoms with Crippen LogP contribution >= 0.6 is 23.2 Å². The van der Waals surface area contributed by atoms with E-state index in [0.717, 1.165) is 16.7 Å². The molecule has 0 saturated heterocycles. The Morgan fingerprint density at radius 2 is 1.67 bits per heavy atom. The third-order valence-electron chi connectivity index (χ3n) is 4.54. The summed E-state index contributed by atoms with van der Waals surface area (Å²) >= 11 is 12.3. The molecule has 1 heterocycles. The third-order valence-corrected chi connectivity index (χ3v) is 5.28. The van der Waals surface area contributed by atoms with Gasteiger partial charge in [0.15, 0.2) is 5.82 Å². The Morgan fingerprint density at radius 1 is 0.900 bits per heavy atom. The van der Waals surface area contributed by atoms with Crippen LogP contribution < -0.4 is 5.32 Å². The average molecular weight is 437 g/mol. The van der Waals surface area contributed by atoms with Crippen LogP contribution in [0.2, 0.25) is 10.0 Å². The van der Waals surface area contributed by atoms with Crippen molar-refractivity contribution in [3.8, 4) is 17.1 Å². The molecule has 0 aliphatic rings. The minimum atomic E-state index is -0.397. The van der Waals surface area contributed by atoms with Crippen molar-refractivity contribution in [1.82, 2.24) is 14.8 Å². The van der Waals surface area contributed by atoms with Crippen LogP contribution in [0.1, 0.15) is 21.7 Å². The highest BCUT2D eigenvalue weighted by Crippen LogP contribution is 2.27. The number of rotatable bonds is 4. The van der Waals surface area contributed by atoms with E-state index >= 15 is 0 Å². The highest BCUT2D eigenvalue weighted by molar-refractivity contribution is 6.42. The van der Waals surface area contributed by atoms with Gasteiger partial charge in [-0.3, -0.25) is 4.79 Å². The number of aryl methyl sites for hydroxylation is 2. The molecule has 0 bridgehead atoms. The van der Waals surface area contributed by atoms with Gasteiger partial charge >= 0.3 is 0 Å². The van der Waals surface area contributed by atoms with Crippen LogP contribution in [-0.4, -0.2) is 20.7 Å². The van der Waals surface area contributed by atoms with Crippen molar-refractivity contribution >= 4 is 34.8 Å². The summed E-state index contributed by atoms with van der Waals surface area (Å²) in [5.41, 5.74) is 4.35. The molecule has 0 aliphatic carbocycles. The topological polar surface area (TPSA) is 59.8 Å². The maximum Gasteiger partial charge on any atom is 0.295 e. The van der Waals surface area contributed by atoms with E-state index in [2.05, 4.69) is 15.4 Å². The maximum absolute atomic E-state index is 12.8. The summed E-state index contributed by atoms with van der Waals surface area (Å²) in [4.78, 5) is 17.3. The summed E-state index contributed by atoms with van der Waals surface area (Å²) in [7, 11) is 0. The lowest BCUT2D eigenvalue weighted by Crippen LogP contribution is -2.14. The van der Waals surface area contributed by atoms with E-state index < -0.39 is 5.91 Å². The van der Waals surface area contributed by atoms with E-state index in [4.69, 9.17) is 23.2 Å². The number of nitrogens with one attached hydrogen (secondary N) is 1. The Balaban J connectivity index is 1.77. The van der Waals surface area contributed by atoms with Crippen LogP contribution in [0.5, 0.6) is 0 Å². The molecule has 1 N–H and O–H groups in total. The molecule has 0 unspecified atom stereocenters. The van der Waals surface area contributed by atoms with Crippen molar-refractivity contribution in [2.24, 2.45) is 0 Å². The van der Waals surface area contributed by atoms with E-state index in [0.29, 0.717) is 27.2 Å². The Bertz CT molecular complexity index is 1230. The lowest BCUT2D eigenvalue weighted by atomic mass is 10.1. The molecule has 150 valence electrons. The molecule has 0 fully saturated rings. The van der Waals surface area contributed by atoms with Crippen molar-refractivity contribution < 1.29 is 4.79 Å². The molecule has 1 amide bonds. The first-order valence-electron chi connectivity index (χ1n) is 9.28. The molecule has 1 aromatic heterocycles. The van der Waals surface area contributed by atoms with Crippen LogP contribution in [0.3, 0.4) is 0 Å². The second kappa shape index (κ2) is 8.30. The highest BCUT2D eigenvalue weighted by Gasteiger charge is 2.19. The van der Waals surface area contributed by atoms with E-state index in [1.807, 2.05) is 62.4 Å². The number of aromatic nitrogens is 3. The van der Waals surface area contributed by atoms with Crippen molar-refractivity contribution in [2.75, 3.05) is 5.32 Å². The Hall–Kier alpha value is -3.15. The first-order valence-corrected chi connectivity index (χ1v) is 10.0. The first kappa shape index (κ1) is 20.1. The van der Waals surface area contributed by atoms with Gasteiger partial charge < -0.3 is 5.32 Å². The minimum Gasteiger partial charge on any atom is -0.319 e. The van der Waals surface area contributed by atoms with Crippen molar-refractivity contribution in [1.29, 1.82) is 0 Å². The van der Waals surface area contributed by atoms with Crippen LogP contribution in [0.4, 0.5) is 5.69 Å². The van der Waals surface area contributed by atoms with Gasteiger partial charge in [0.1, 0.15) is 0 Å². The normalized spacial score (nSPS) is 10.8. The van der Waals surface area contributed by atoms with E-state index in [-0.39, 0.29) is 5.82 Å². The fourth-order valence-electron chi connectivity index (χ4n) is 3.00. The summed E-state index contributed by atoms with van der Waals surface area (Å²) in [6.45, 7) is 3.98. The largest absolute Gasteiger partial charge is 0.319 e. The van der Waals surface area contributed by atoms with E-state index in [1.54, 1.807) is 22.9 Å². The number of carbonyl (C=O) groups excluding carboxylic acids is 1. The summed E-state index contributed by atoms with van der Waals surface area (Å²) < 4.78 is 1.60. The number of carbonyl (C=O) groups is 1. The smallest absolute Gasteiger partial charge is 0.295 e. The van der Waals surface area contributed by atoms with Crippen molar-refractivity contribution in [3.63, 3.8) is 0 Å². The number of hydrogen-bond donors (Lipinski definition) is 1. The molecule has 4 aromatic rings. The lowest BCUT2D eigenvalue weighted by molar-refractivity contribution is 0.101. The Kier molecular flexibility index (Phi) is 5.57. The van der Waals surface area contributed by atoms with E-state index in [9.17, 15) is 4.79 Å². The van der Waals surface area contributed by atoms with Crippen LogP contribution in [0, 0.1) is 13.8 Å². The van der Waals surface area contributed by atoms with E-state index in [1.165, 1.54) is 0 Å². The molecule has 4 rings (SSSR count). The van der Waals surface area contributed by atoms with Crippen LogP contribution in [-0.2, 0) is 0 Å². The van der Waals surface area contributed by atoms with Gasteiger partial charge in [0.25, 0.3) is 5.91 Å². The Morgan fingerprint density at radius 3 is 2.37 bits per heavy atom.